The van der Waals surface area contributed by atoms with Gasteiger partial charge >= 0.3 is 6.36 Å². The Morgan fingerprint density at radius 1 is 1.03 bits per heavy atom. The molecule has 0 amide bonds. The van der Waals surface area contributed by atoms with E-state index >= 15 is 0 Å². The van der Waals surface area contributed by atoms with Crippen molar-refractivity contribution < 1.29 is 26.3 Å². The van der Waals surface area contributed by atoms with E-state index in [1.54, 1.807) is 24.3 Å². The van der Waals surface area contributed by atoms with Crippen LogP contribution in [0.5, 0.6) is 5.75 Å². The average molecular weight is 430 g/mol. The second kappa shape index (κ2) is 9.61. The predicted molar refractivity (Wildman–Crippen MR) is 103 cm³/mol. The number of sulfonamides is 1. The Balaban J connectivity index is 1.84. The zero-order chi connectivity index (χ0) is 21.5. The Kier molecular flexibility index (Phi) is 7.46. The maximum absolute atomic E-state index is 12.1. The highest BCUT2D eigenvalue weighted by molar-refractivity contribution is 7.88. The molecule has 0 bridgehead atoms. The summed E-state index contributed by atoms with van der Waals surface area (Å²) in [5, 5.41) is 2.91. The summed E-state index contributed by atoms with van der Waals surface area (Å²) >= 11 is 0. The number of ether oxygens (including phenoxy) is 1. The number of hydrogen-bond donors (Lipinski definition) is 3. The number of nitrogens with zero attached hydrogens (tertiary/aromatic N) is 1. The van der Waals surface area contributed by atoms with Gasteiger partial charge in [-0.1, -0.05) is 36.4 Å². The highest BCUT2D eigenvalue weighted by atomic mass is 32.2. The zero-order valence-electron chi connectivity index (χ0n) is 15.5. The van der Waals surface area contributed by atoms with Gasteiger partial charge in [-0.05, 0) is 35.9 Å². The minimum atomic E-state index is -4.73. The molecule has 0 atom stereocenters. The lowest BCUT2D eigenvalue weighted by Crippen LogP contribution is -2.31. The third kappa shape index (κ3) is 8.40. The van der Waals surface area contributed by atoms with E-state index < -0.39 is 16.4 Å². The fraction of sp³-hybridized carbons (Fsp3) is 0.278. The first-order valence-corrected chi connectivity index (χ1v) is 10.1. The molecule has 11 heteroatoms. The van der Waals surface area contributed by atoms with E-state index in [1.165, 1.54) is 31.3 Å². The van der Waals surface area contributed by atoms with Gasteiger partial charge in [0.05, 0.1) is 12.3 Å². The van der Waals surface area contributed by atoms with E-state index in [0.717, 1.165) is 5.56 Å². The third-order valence-electron chi connectivity index (χ3n) is 3.75. The summed E-state index contributed by atoms with van der Waals surface area (Å²) in [6.45, 7) is 0.568. The lowest BCUT2D eigenvalue weighted by Gasteiger charge is -2.09. The van der Waals surface area contributed by atoms with Crippen LogP contribution in [0, 0.1) is 0 Å². The summed E-state index contributed by atoms with van der Waals surface area (Å²) < 4.78 is 65.5. The summed E-state index contributed by atoms with van der Waals surface area (Å²) in [4.78, 5) is 4.12. The second-order valence-electron chi connectivity index (χ2n) is 6.03. The molecule has 0 aliphatic heterocycles. The first kappa shape index (κ1) is 22.5. The molecule has 158 valence electrons. The number of rotatable bonds is 8. The van der Waals surface area contributed by atoms with Crippen molar-refractivity contribution in [1.29, 1.82) is 0 Å². The van der Waals surface area contributed by atoms with Gasteiger partial charge in [0.25, 0.3) is 0 Å². The Bertz CT molecular complexity index is 928. The van der Waals surface area contributed by atoms with Gasteiger partial charge in [0.15, 0.2) is 5.96 Å². The predicted octanol–water partition coefficient (Wildman–Crippen LogP) is 2.24. The maximum atomic E-state index is 12.1. The Morgan fingerprint density at radius 2 is 1.59 bits per heavy atom. The third-order valence-corrected chi connectivity index (χ3v) is 5.09. The first-order valence-electron chi connectivity index (χ1n) is 8.44. The molecule has 0 saturated heterocycles. The van der Waals surface area contributed by atoms with E-state index in [9.17, 15) is 21.6 Å². The Hall–Kier alpha value is -2.79. The number of halogens is 3. The lowest BCUT2D eigenvalue weighted by atomic mass is 10.1. The van der Waals surface area contributed by atoms with Crippen LogP contribution in [0.3, 0.4) is 0 Å². The molecule has 0 aromatic heterocycles. The van der Waals surface area contributed by atoms with Crippen molar-refractivity contribution in [2.75, 3.05) is 7.05 Å². The number of nitrogens with one attached hydrogen (secondary N) is 2. The van der Waals surface area contributed by atoms with Crippen molar-refractivity contribution in [3.63, 3.8) is 0 Å². The van der Waals surface area contributed by atoms with Gasteiger partial charge in [-0.2, -0.15) is 0 Å². The second-order valence-corrected chi connectivity index (χ2v) is 7.95. The summed E-state index contributed by atoms with van der Waals surface area (Å²) in [6.07, 6.45) is -4.73. The molecule has 0 spiro atoms. The number of hydrogen-bond acceptors (Lipinski definition) is 4. The quantitative estimate of drug-likeness (QED) is 0.440. The van der Waals surface area contributed by atoms with Gasteiger partial charge in [-0.3, -0.25) is 0 Å². The Labute approximate surface area is 166 Å². The van der Waals surface area contributed by atoms with Crippen molar-refractivity contribution in [3.05, 3.63) is 65.2 Å². The molecule has 0 heterocycles. The number of alkyl halides is 3. The number of nitrogens with two attached hydrogens (primary N) is 1. The standard InChI is InChI=1S/C18H21F3N4O3S/c1-23-29(26,27)12-15-4-2-13(3-5-15)10-24-17(22)25-11-14-6-8-16(9-7-14)28-18(19,20)21/h2-9,23H,10-12H2,1H3,(H3,22,24,25). The molecule has 0 radical (unpaired) electrons. The number of benzene rings is 2. The van der Waals surface area contributed by atoms with Crippen LogP contribution in [0.15, 0.2) is 53.5 Å². The number of guanidine groups is 1. The fourth-order valence-corrected chi connectivity index (χ4v) is 3.04. The van der Waals surface area contributed by atoms with Crippen LogP contribution >= 0.6 is 0 Å². The molecule has 2 aromatic carbocycles. The smallest absolute Gasteiger partial charge is 0.406 e. The molecule has 29 heavy (non-hydrogen) atoms. The molecule has 2 aromatic rings. The van der Waals surface area contributed by atoms with Crippen LogP contribution in [-0.2, 0) is 28.9 Å². The maximum Gasteiger partial charge on any atom is 0.573 e. The molecule has 0 fully saturated rings. The number of aliphatic imine (C=N–C) groups is 1. The molecule has 0 saturated carbocycles. The molecule has 4 N–H and O–H groups in total. The van der Waals surface area contributed by atoms with Crippen molar-refractivity contribution in [1.82, 2.24) is 10.0 Å². The van der Waals surface area contributed by atoms with Crippen LogP contribution in [0.1, 0.15) is 16.7 Å². The largest absolute Gasteiger partial charge is 0.573 e. The van der Waals surface area contributed by atoms with Gasteiger partial charge < -0.3 is 15.8 Å². The van der Waals surface area contributed by atoms with E-state index in [4.69, 9.17) is 5.73 Å². The van der Waals surface area contributed by atoms with Crippen molar-refractivity contribution in [3.8, 4) is 5.75 Å². The van der Waals surface area contributed by atoms with Crippen LogP contribution < -0.4 is 20.5 Å². The molecule has 2 rings (SSSR count). The van der Waals surface area contributed by atoms with E-state index in [2.05, 4.69) is 19.8 Å². The lowest BCUT2D eigenvalue weighted by molar-refractivity contribution is -0.274. The minimum Gasteiger partial charge on any atom is -0.406 e. The normalized spacial score (nSPS) is 12.6. The van der Waals surface area contributed by atoms with Crippen LogP contribution in [0.2, 0.25) is 0 Å². The van der Waals surface area contributed by atoms with E-state index in [-0.39, 0.29) is 24.0 Å². The summed E-state index contributed by atoms with van der Waals surface area (Å²) in [5.41, 5.74) is 7.99. The van der Waals surface area contributed by atoms with Crippen LogP contribution in [-0.4, -0.2) is 27.8 Å². The van der Waals surface area contributed by atoms with Crippen LogP contribution in [0.25, 0.3) is 0 Å². The van der Waals surface area contributed by atoms with Crippen molar-refractivity contribution in [2.45, 2.75) is 25.2 Å². The van der Waals surface area contributed by atoms with Gasteiger partial charge in [-0.25, -0.2) is 18.1 Å². The van der Waals surface area contributed by atoms with E-state index in [1.807, 2.05) is 0 Å². The summed E-state index contributed by atoms with van der Waals surface area (Å²) in [7, 11) is -1.96. The van der Waals surface area contributed by atoms with Crippen LogP contribution in [0.4, 0.5) is 13.2 Å². The molecule has 0 aliphatic rings. The summed E-state index contributed by atoms with van der Waals surface area (Å²) in [6, 6.07) is 12.3. The Morgan fingerprint density at radius 3 is 2.14 bits per heavy atom. The molecular weight excluding hydrogens is 409 g/mol. The van der Waals surface area contributed by atoms with Crippen molar-refractivity contribution in [2.24, 2.45) is 10.7 Å². The molecule has 0 aliphatic carbocycles. The minimum absolute atomic E-state index is 0.104. The molecular formula is C18H21F3N4O3S. The molecule has 7 nitrogen and oxygen atoms in total. The van der Waals surface area contributed by atoms with Gasteiger partial charge in [-0.15, -0.1) is 13.2 Å². The van der Waals surface area contributed by atoms with Gasteiger partial charge in [0.2, 0.25) is 10.0 Å². The highest BCUT2D eigenvalue weighted by Gasteiger charge is 2.30. The monoisotopic (exact) mass is 430 g/mol. The zero-order valence-corrected chi connectivity index (χ0v) is 16.3. The fourth-order valence-electron chi connectivity index (χ4n) is 2.27. The van der Waals surface area contributed by atoms with E-state index in [0.29, 0.717) is 17.7 Å². The average Bonchev–Trinajstić information content (AvgIpc) is 2.65. The molecule has 0 unspecified atom stereocenters. The topological polar surface area (TPSA) is 106 Å². The highest BCUT2D eigenvalue weighted by Crippen LogP contribution is 2.22. The SMILES string of the molecule is CNS(=O)(=O)Cc1ccc(CNC(N)=NCc2ccc(OC(F)(F)F)cc2)cc1. The van der Waals surface area contributed by atoms with Gasteiger partial charge in [0.1, 0.15) is 5.75 Å². The van der Waals surface area contributed by atoms with Crippen molar-refractivity contribution >= 4 is 16.0 Å². The first-order chi connectivity index (χ1) is 13.6. The summed E-state index contributed by atoms with van der Waals surface area (Å²) in [5.74, 6) is -0.238. The van der Waals surface area contributed by atoms with Gasteiger partial charge in [0, 0.05) is 6.54 Å².